The summed E-state index contributed by atoms with van der Waals surface area (Å²) in [5.74, 6) is -0.962. The van der Waals surface area contributed by atoms with E-state index >= 15 is 0 Å². The maximum Gasteiger partial charge on any atom is 1.00 e. The van der Waals surface area contributed by atoms with Crippen LogP contribution in [0.3, 0.4) is 0 Å². The molecule has 0 spiro atoms. The first-order valence-corrected chi connectivity index (χ1v) is 8.57. The standard InChI is InChI=1S/C20H32O2.K/c1-2-3-4-5-6-7-8-9-10-11-12-13-14-15-16-17-18-19-20(21)22;/h6-7,9-10,12-13,15-16H,2-5,8,11,14,17-19H2,1H3,(H,21,22);/q;+1/p-1. The number of hydrogen-bond acceptors (Lipinski definition) is 2. The van der Waals surface area contributed by atoms with E-state index in [0.717, 1.165) is 25.7 Å². The zero-order valence-electron chi connectivity index (χ0n) is 15.0. The van der Waals surface area contributed by atoms with Crippen LogP contribution in [0.2, 0.25) is 0 Å². The van der Waals surface area contributed by atoms with Crippen LogP contribution in [0.5, 0.6) is 0 Å². The second-order valence-corrected chi connectivity index (χ2v) is 5.35. The van der Waals surface area contributed by atoms with E-state index < -0.39 is 5.97 Å². The SMILES string of the molecule is CCCCCC=CCC=CCC=CCC=CCCCC(=O)[O-].[K+]. The number of carboxylic acid groups (broad SMARTS) is 1. The molecule has 0 amide bonds. The molecule has 0 saturated carbocycles. The second-order valence-electron chi connectivity index (χ2n) is 5.35. The van der Waals surface area contributed by atoms with Crippen molar-refractivity contribution in [2.45, 2.75) is 71.1 Å². The smallest absolute Gasteiger partial charge is 0.550 e. The van der Waals surface area contributed by atoms with E-state index in [1.54, 1.807) is 0 Å². The summed E-state index contributed by atoms with van der Waals surface area (Å²) in [4.78, 5) is 10.2. The molecule has 0 unspecified atom stereocenters. The van der Waals surface area contributed by atoms with Gasteiger partial charge in [0.1, 0.15) is 0 Å². The van der Waals surface area contributed by atoms with Crippen LogP contribution in [0.4, 0.5) is 0 Å². The monoisotopic (exact) mass is 342 g/mol. The first-order valence-electron chi connectivity index (χ1n) is 8.57. The molecule has 0 aliphatic heterocycles. The molecule has 0 aromatic carbocycles. The fourth-order valence-corrected chi connectivity index (χ4v) is 1.93. The molecule has 0 heterocycles. The van der Waals surface area contributed by atoms with Gasteiger partial charge in [-0.05, 0) is 51.4 Å². The molecule has 23 heavy (non-hydrogen) atoms. The van der Waals surface area contributed by atoms with Gasteiger partial charge in [-0.1, -0.05) is 68.4 Å². The van der Waals surface area contributed by atoms with Gasteiger partial charge in [-0.15, -0.1) is 0 Å². The second kappa shape index (κ2) is 22.1. The first kappa shape index (κ1) is 25.3. The molecule has 0 bridgehead atoms. The number of allylic oxidation sites excluding steroid dienone is 8. The Kier molecular flexibility index (Phi) is 24.3. The van der Waals surface area contributed by atoms with Gasteiger partial charge in [-0.2, -0.15) is 0 Å². The molecule has 3 heteroatoms. The Balaban J connectivity index is 0. The van der Waals surface area contributed by atoms with Gasteiger partial charge in [-0.3, -0.25) is 0 Å². The zero-order valence-corrected chi connectivity index (χ0v) is 18.1. The van der Waals surface area contributed by atoms with Crippen LogP contribution in [-0.2, 0) is 4.79 Å². The summed E-state index contributed by atoms with van der Waals surface area (Å²) >= 11 is 0. The summed E-state index contributed by atoms with van der Waals surface area (Å²) in [5, 5.41) is 10.2. The Morgan fingerprint density at radius 2 is 1.17 bits per heavy atom. The van der Waals surface area contributed by atoms with E-state index in [0.29, 0.717) is 6.42 Å². The van der Waals surface area contributed by atoms with Gasteiger partial charge in [0.25, 0.3) is 0 Å². The van der Waals surface area contributed by atoms with Crippen LogP contribution < -0.4 is 56.5 Å². The molecule has 0 aliphatic carbocycles. The molecule has 0 fully saturated rings. The van der Waals surface area contributed by atoms with E-state index in [1.165, 1.54) is 25.7 Å². The summed E-state index contributed by atoms with van der Waals surface area (Å²) in [6.45, 7) is 2.23. The van der Waals surface area contributed by atoms with Crippen molar-refractivity contribution < 1.29 is 61.3 Å². The van der Waals surface area contributed by atoms with Gasteiger partial charge >= 0.3 is 51.4 Å². The maximum absolute atomic E-state index is 10.2. The van der Waals surface area contributed by atoms with E-state index in [4.69, 9.17) is 0 Å². The van der Waals surface area contributed by atoms with Crippen molar-refractivity contribution in [2.75, 3.05) is 0 Å². The normalized spacial score (nSPS) is 11.9. The van der Waals surface area contributed by atoms with Crippen LogP contribution >= 0.6 is 0 Å². The molecule has 0 saturated heterocycles. The quantitative estimate of drug-likeness (QED) is 0.275. The van der Waals surface area contributed by atoms with Gasteiger partial charge in [0.2, 0.25) is 0 Å². The predicted molar refractivity (Wildman–Crippen MR) is 93.4 cm³/mol. The van der Waals surface area contributed by atoms with Gasteiger partial charge in [-0.25, -0.2) is 0 Å². The van der Waals surface area contributed by atoms with Crippen molar-refractivity contribution in [3.8, 4) is 0 Å². The molecule has 0 aromatic heterocycles. The van der Waals surface area contributed by atoms with Crippen LogP contribution in [0.1, 0.15) is 71.1 Å². The summed E-state index contributed by atoms with van der Waals surface area (Å²) < 4.78 is 0. The van der Waals surface area contributed by atoms with Crippen molar-refractivity contribution in [1.29, 1.82) is 0 Å². The average molecular weight is 343 g/mol. The van der Waals surface area contributed by atoms with Gasteiger partial charge in [0.05, 0.1) is 0 Å². The third kappa shape index (κ3) is 24.4. The van der Waals surface area contributed by atoms with Crippen molar-refractivity contribution in [3.63, 3.8) is 0 Å². The molecule has 2 nitrogen and oxygen atoms in total. The predicted octanol–water partition coefficient (Wildman–Crippen LogP) is 1.89. The Hall–Kier alpha value is 0.0664. The molecule has 0 N–H and O–H groups in total. The van der Waals surface area contributed by atoms with Crippen LogP contribution in [0, 0.1) is 0 Å². The molecule has 0 rings (SSSR count). The fraction of sp³-hybridized carbons (Fsp3) is 0.550. The molecule has 0 atom stereocenters. The minimum Gasteiger partial charge on any atom is -0.550 e. The Morgan fingerprint density at radius 3 is 1.61 bits per heavy atom. The van der Waals surface area contributed by atoms with Crippen molar-refractivity contribution in [2.24, 2.45) is 0 Å². The Labute approximate surface area is 185 Å². The summed E-state index contributed by atoms with van der Waals surface area (Å²) in [6.07, 6.45) is 27.0. The third-order valence-corrected chi connectivity index (χ3v) is 3.21. The largest absolute Gasteiger partial charge is 1.00 e. The number of carbonyl (C=O) groups is 1. The Bertz CT molecular complexity index is 368. The van der Waals surface area contributed by atoms with Gasteiger partial charge < -0.3 is 9.90 Å². The summed E-state index contributed by atoms with van der Waals surface area (Å²) in [7, 11) is 0. The first-order chi connectivity index (χ1) is 10.8. The van der Waals surface area contributed by atoms with Gasteiger partial charge in [0, 0.05) is 5.97 Å². The topological polar surface area (TPSA) is 40.1 Å². The number of aliphatic carboxylic acids is 1. The molecular weight excluding hydrogens is 311 g/mol. The van der Waals surface area contributed by atoms with Gasteiger partial charge in [0.15, 0.2) is 0 Å². The van der Waals surface area contributed by atoms with Crippen molar-refractivity contribution in [1.82, 2.24) is 0 Å². The van der Waals surface area contributed by atoms with E-state index in [2.05, 4.69) is 49.5 Å². The third-order valence-electron chi connectivity index (χ3n) is 3.21. The number of rotatable bonds is 14. The summed E-state index contributed by atoms with van der Waals surface area (Å²) in [5.41, 5.74) is 0. The van der Waals surface area contributed by atoms with Crippen LogP contribution in [0.15, 0.2) is 48.6 Å². The van der Waals surface area contributed by atoms with Crippen LogP contribution in [-0.4, -0.2) is 5.97 Å². The number of carboxylic acids is 1. The van der Waals surface area contributed by atoms with E-state index in [9.17, 15) is 9.90 Å². The zero-order chi connectivity index (χ0) is 16.3. The molecule has 0 aromatic rings. The molecular formula is C20H31KO2. The molecule has 124 valence electrons. The van der Waals surface area contributed by atoms with E-state index in [-0.39, 0.29) is 57.8 Å². The van der Waals surface area contributed by atoms with Crippen molar-refractivity contribution in [3.05, 3.63) is 48.6 Å². The number of unbranched alkanes of at least 4 members (excludes halogenated alkanes) is 4. The maximum atomic E-state index is 10.2. The average Bonchev–Trinajstić information content (AvgIpc) is 2.50. The number of hydrogen-bond donors (Lipinski definition) is 0. The minimum absolute atomic E-state index is 0. The van der Waals surface area contributed by atoms with Crippen LogP contribution in [0.25, 0.3) is 0 Å². The molecule has 0 aliphatic rings. The van der Waals surface area contributed by atoms with E-state index in [1.807, 2.05) is 6.08 Å². The Morgan fingerprint density at radius 1 is 0.739 bits per heavy atom. The minimum atomic E-state index is -0.962. The summed E-state index contributed by atoms with van der Waals surface area (Å²) in [6, 6.07) is 0. The number of carbonyl (C=O) groups excluding carboxylic acids is 1. The fourth-order valence-electron chi connectivity index (χ4n) is 1.93. The van der Waals surface area contributed by atoms with Crippen molar-refractivity contribution >= 4 is 5.97 Å². The molecule has 0 radical (unpaired) electrons.